The molecule has 112 valence electrons. The summed E-state index contributed by atoms with van der Waals surface area (Å²) >= 11 is 5.42. The molecule has 2 aromatic rings. The minimum Gasteiger partial charge on any atom is -0.399 e. The van der Waals surface area contributed by atoms with E-state index < -0.39 is 38.1 Å². The zero-order chi connectivity index (χ0) is 15.8. The third-order valence-electron chi connectivity index (χ3n) is 2.49. The highest BCUT2D eigenvalue weighted by molar-refractivity contribution is 7.92. The van der Waals surface area contributed by atoms with Gasteiger partial charge in [-0.2, -0.15) is 0 Å². The molecule has 0 unspecified atom stereocenters. The summed E-state index contributed by atoms with van der Waals surface area (Å²) in [7, 11) is -4.55. The highest BCUT2D eigenvalue weighted by atomic mass is 35.5. The third kappa shape index (κ3) is 3.22. The first-order valence-corrected chi connectivity index (χ1v) is 7.29. The molecule has 0 radical (unpaired) electrons. The number of halogens is 4. The Morgan fingerprint density at radius 1 is 1.00 bits per heavy atom. The number of hydrogen-bond donors (Lipinski definition) is 2. The van der Waals surface area contributed by atoms with Gasteiger partial charge >= 0.3 is 0 Å². The van der Waals surface area contributed by atoms with Gasteiger partial charge in [0.1, 0.15) is 16.4 Å². The summed E-state index contributed by atoms with van der Waals surface area (Å²) in [5.41, 5.74) is 4.40. The van der Waals surface area contributed by atoms with E-state index >= 15 is 0 Å². The van der Waals surface area contributed by atoms with Gasteiger partial charge in [0, 0.05) is 10.7 Å². The lowest BCUT2D eigenvalue weighted by Crippen LogP contribution is -2.17. The molecule has 21 heavy (non-hydrogen) atoms. The molecule has 0 aromatic heterocycles. The molecule has 0 fully saturated rings. The van der Waals surface area contributed by atoms with Gasteiger partial charge in [-0.15, -0.1) is 0 Å². The Morgan fingerprint density at radius 2 is 1.57 bits per heavy atom. The van der Waals surface area contributed by atoms with Crippen LogP contribution in [0.25, 0.3) is 0 Å². The first kappa shape index (κ1) is 15.5. The summed E-state index contributed by atoms with van der Waals surface area (Å²) in [6, 6.07) is 4.26. The van der Waals surface area contributed by atoms with Crippen LogP contribution in [0, 0.1) is 17.5 Å². The van der Waals surface area contributed by atoms with Crippen molar-refractivity contribution in [2.24, 2.45) is 0 Å². The standard InChI is InChI=1S/C12H8ClF3N2O2S/c13-6-3-9(15)12(10(16)4-6)18-21(19,20)11-5-7(17)1-2-8(11)14/h1-5,18H,17H2. The van der Waals surface area contributed by atoms with Crippen molar-refractivity contribution in [1.29, 1.82) is 0 Å². The topological polar surface area (TPSA) is 72.2 Å². The molecule has 2 aromatic carbocycles. The van der Waals surface area contributed by atoms with Crippen molar-refractivity contribution in [2.45, 2.75) is 4.90 Å². The maximum Gasteiger partial charge on any atom is 0.265 e. The second-order valence-electron chi connectivity index (χ2n) is 4.04. The van der Waals surface area contributed by atoms with Crippen molar-refractivity contribution in [3.63, 3.8) is 0 Å². The van der Waals surface area contributed by atoms with Gasteiger partial charge in [0.05, 0.1) is 0 Å². The van der Waals surface area contributed by atoms with Crippen LogP contribution in [-0.4, -0.2) is 8.42 Å². The zero-order valence-corrected chi connectivity index (χ0v) is 11.8. The molecule has 0 amide bonds. The first-order chi connectivity index (χ1) is 9.70. The average Bonchev–Trinajstić information content (AvgIpc) is 2.36. The van der Waals surface area contributed by atoms with E-state index in [0.717, 1.165) is 30.3 Å². The fourth-order valence-electron chi connectivity index (χ4n) is 1.55. The minimum atomic E-state index is -4.55. The van der Waals surface area contributed by atoms with Gasteiger partial charge in [-0.3, -0.25) is 4.72 Å². The molecular weight excluding hydrogens is 329 g/mol. The SMILES string of the molecule is Nc1ccc(F)c(S(=O)(=O)Nc2c(F)cc(Cl)cc2F)c1. The number of nitrogens with two attached hydrogens (primary N) is 1. The van der Waals surface area contributed by atoms with Gasteiger partial charge < -0.3 is 5.73 Å². The molecule has 2 rings (SSSR count). The molecule has 0 saturated carbocycles. The number of sulfonamides is 1. The van der Waals surface area contributed by atoms with Crippen molar-refractivity contribution < 1.29 is 21.6 Å². The number of rotatable bonds is 3. The Hall–Kier alpha value is -1.93. The molecule has 0 bridgehead atoms. The van der Waals surface area contributed by atoms with Crippen LogP contribution in [0.1, 0.15) is 0 Å². The first-order valence-electron chi connectivity index (χ1n) is 5.43. The summed E-state index contributed by atoms with van der Waals surface area (Å²) in [4.78, 5) is -0.823. The van der Waals surface area contributed by atoms with Gasteiger partial charge in [-0.05, 0) is 30.3 Å². The monoisotopic (exact) mass is 336 g/mol. The normalized spacial score (nSPS) is 11.4. The molecule has 0 aliphatic heterocycles. The number of anilines is 2. The lowest BCUT2D eigenvalue weighted by atomic mass is 10.3. The van der Waals surface area contributed by atoms with Crippen molar-refractivity contribution >= 4 is 33.0 Å². The predicted octanol–water partition coefficient (Wildman–Crippen LogP) is 3.14. The van der Waals surface area contributed by atoms with E-state index in [0.29, 0.717) is 0 Å². The lowest BCUT2D eigenvalue weighted by Gasteiger charge is -2.11. The van der Waals surface area contributed by atoms with Crippen LogP contribution in [0.5, 0.6) is 0 Å². The number of nitrogen functional groups attached to an aromatic ring is 1. The van der Waals surface area contributed by atoms with E-state index in [4.69, 9.17) is 17.3 Å². The van der Waals surface area contributed by atoms with Gasteiger partial charge in [-0.1, -0.05) is 11.6 Å². The van der Waals surface area contributed by atoms with Crippen LogP contribution in [0.4, 0.5) is 24.5 Å². The van der Waals surface area contributed by atoms with E-state index in [1.807, 2.05) is 0 Å². The third-order valence-corrected chi connectivity index (χ3v) is 4.07. The van der Waals surface area contributed by atoms with E-state index in [2.05, 4.69) is 0 Å². The Kier molecular flexibility index (Phi) is 4.02. The smallest absolute Gasteiger partial charge is 0.265 e. The van der Waals surface area contributed by atoms with E-state index in [1.54, 1.807) is 4.72 Å². The second kappa shape index (κ2) is 5.45. The summed E-state index contributed by atoms with van der Waals surface area (Å²) in [5, 5.41) is -0.247. The summed E-state index contributed by atoms with van der Waals surface area (Å²) in [5.74, 6) is -3.56. The van der Waals surface area contributed by atoms with Gasteiger partial charge in [0.15, 0.2) is 11.6 Å². The highest BCUT2D eigenvalue weighted by Gasteiger charge is 2.23. The Bertz CT molecular complexity index is 789. The molecule has 0 spiro atoms. The van der Waals surface area contributed by atoms with Gasteiger partial charge in [0.2, 0.25) is 0 Å². The van der Waals surface area contributed by atoms with Crippen LogP contribution < -0.4 is 10.5 Å². The second-order valence-corrected chi connectivity index (χ2v) is 6.13. The fourth-order valence-corrected chi connectivity index (χ4v) is 2.94. The van der Waals surface area contributed by atoms with E-state index in [9.17, 15) is 21.6 Å². The maximum atomic E-state index is 13.6. The van der Waals surface area contributed by atoms with Crippen molar-refractivity contribution in [1.82, 2.24) is 0 Å². The maximum absolute atomic E-state index is 13.6. The van der Waals surface area contributed by atoms with Gasteiger partial charge in [0.25, 0.3) is 10.0 Å². The lowest BCUT2D eigenvalue weighted by molar-refractivity contribution is 0.566. The molecule has 0 saturated heterocycles. The van der Waals surface area contributed by atoms with Crippen LogP contribution in [0.15, 0.2) is 35.2 Å². The molecule has 4 nitrogen and oxygen atoms in total. The molecule has 0 aliphatic rings. The molecule has 0 aliphatic carbocycles. The van der Waals surface area contributed by atoms with Crippen molar-refractivity contribution in [3.8, 4) is 0 Å². The number of nitrogens with one attached hydrogen (secondary N) is 1. The number of benzene rings is 2. The van der Waals surface area contributed by atoms with Crippen LogP contribution in [0.3, 0.4) is 0 Å². The fraction of sp³-hybridized carbons (Fsp3) is 0. The average molecular weight is 337 g/mol. The molecular formula is C12H8ClF3N2O2S. The predicted molar refractivity (Wildman–Crippen MR) is 73.0 cm³/mol. The van der Waals surface area contributed by atoms with Crippen LogP contribution in [-0.2, 0) is 10.0 Å². The van der Waals surface area contributed by atoms with E-state index in [1.165, 1.54) is 0 Å². The van der Waals surface area contributed by atoms with Crippen LogP contribution in [0.2, 0.25) is 5.02 Å². The Labute approximate surface area is 123 Å². The molecule has 3 N–H and O–H groups in total. The van der Waals surface area contributed by atoms with Crippen molar-refractivity contribution in [2.75, 3.05) is 10.5 Å². The largest absolute Gasteiger partial charge is 0.399 e. The van der Waals surface area contributed by atoms with Crippen molar-refractivity contribution in [3.05, 3.63) is 52.8 Å². The summed E-state index contributed by atoms with van der Waals surface area (Å²) in [6.45, 7) is 0. The summed E-state index contributed by atoms with van der Waals surface area (Å²) in [6.07, 6.45) is 0. The quantitative estimate of drug-likeness (QED) is 0.846. The molecule has 9 heteroatoms. The zero-order valence-electron chi connectivity index (χ0n) is 10.2. The van der Waals surface area contributed by atoms with Gasteiger partial charge in [-0.25, -0.2) is 21.6 Å². The minimum absolute atomic E-state index is 0.0196. The number of hydrogen-bond acceptors (Lipinski definition) is 3. The highest BCUT2D eigenvalue weighted by Crippen LogP contribution is 2.27. The Balaban J connectivity index is 2.50. The molecule has 0 atom stereocenters. The van der Waals surface area contributed by atoms with Crippen LogP contribution >= 0.6 is 11.6 Å². The van der Waals surface area contributed by atoms with E-state index in [-0.39, 0.29) is 10.7 Å². The summed E-state index contributed by atoms with van der Waals surface area (Å²) < 4.78 is 66.3. The molecule has 0 heterocycles. The Morgan fingerprint density at radius 3 is 2.14 bits per heavy atom.